The van der Waals surface area contributed by atoms with Crippen molar-refractivity contribution in [2.24, 2.45) is 17.8 Å². The second kappa shape index (κ2) is 17.0. The molecule has 0 saturated heterocycles. The number of rotatable bonds is 6. The van der Waals surface area contributed by atoms with Crippen LogP contribution >= 0.6 is 0 Å². The molecule has 0 spiro atoms. The topological polar surface area (TPSA) is 3.24 Å². The monoisotopic (exact) mass is 259 g/mol. The molecular formula is C17H41N. The van der Waals surface area contributed by atoms with E-state index in [0.29, 0.717) is 0 Å². The fourth-order valence-corrected chi connectivity index (χ4v) is 1.44. The molecule has 18 heavy (non-hydrogen) atoms. The number of hydrogen-bond donors (Lipinski definition) is 0. The molecule has 1 heteroatoms. The van der Waals surface area contributed by atoms with Crippen molar-refractivity contribution < 1.29 is 0 Å². The zero-order chi connectivity index (χ0) is 15.1. The highest BCUT2D eigenvalue weighted by atomic mass is 15.1. The Morgan fingerprint density at radius 3 is 1.50 bits per heavy atom. The number of hydrogen-bond acceptors (Lipinski definition) is 1. The van der Waals surface area contributed by atoms with Gasteiger partial charge in [0.05, 0.1) is 0 Å². The molecule has 0 aliphatic heterocycles. The van der Waals surface area contributed by atoms with Gasteiger partial charge in [-0.05, 0) is 24.8 Å². The predicted octanol–water partition coefficient (Wildman–Crippen LogP) is 5.70. The van der Waals surface area contributed by atoms with Crippen LogP contribution in [0.15, 0.2) is 0 Å². The smallest absolute Gasteiger partial charge is 0.000652 e. The van der Waals surface area contributed by atoms with Gasteiger partial charge in [0, 0.05) is 13.1 Å². The van der Waals surface area contributed by atoms with E-state index in [-0.39, 0.29) is 0 Å². The summed E-state index contributed by atoms with van der Waals surface area (Å²) in [5.74, 6) is 2.46. The van der Waals surface area contributed by atoms with Crippen molar-refractivity contribution in [3.8, 4) is 0 Å². The minimum atomic E-state index is 0.805. The normalized spacial score (nSPS) is 13.3. The lowest BCUT2D eigenvalue weighted by atomic mass is 9.97. The van der Waals surface area contributed by atoms with Crippen molar-refractivity contribution in [1.82, 2.24) is 4.90 Å². The molecule has 114 valence electrons. The van der Waals surface area contributed by atoms with Gasteiger partial charge < -0.3 is 4.90 Å². The van der Waals surface area contributed by atoms with Gasteiger partial charge in [-0.1, -0.05) is 75.2 Å². The van der Waals surface area contributed by atoms with Crippen LogP contribution in [0.25, 0.3) is 0 Å². The van der Waals surface area contributed by atoms with Crippen molar-refractivity contribution in [1.29, 1.82) is 0 Å². The Hall–Kier alpha value is -0.0400. The quantitative estimate of drug-likeness (QED) is 0.591. The molecular weight excluding hydrogens is 218 g/mol. The van der Waals surface area contributed by atoms with Gasteiger partial charge in [-0.2, -0.15) is 0 Å². The van der Waals surface area contributed by atoms with Gasteiger partial charge in [0.15, 0.2) is 0 Å². The maximum Gasteiger partial charge on any atom is 0.000652 e. The second-order valence-corrected chi connectivity index (χ2v) is 5.66. The molecule has 0 heterocycles. The van der Waals surface area contributed by atoms with E-state index in [1.54, 1.807) is 0 Å². The van der Waals surface area contributed by atoms with Gasteiger partial charge in [0.2, 0.25) is 0 Å². The molecule has 0 amide bonds. The Bertz CT molecular complexity index is 132. The largest absolute Gasteiger partial charge is 0.306 e. The molecule has 0 aliphatic rings. The second-order valence-electron chi connectivity index (χ2n) is 5.66. The summed E-state index contributed by atoms with van der Waals surface area (Å²) < 4.78 is 0. The molecule has 0 bridgehead atoms. The molecule has 0 aliphatic carbocycles. The van der Waals surface area contributed by atoms with E-state index in [1.807, 2.05) is 13.8 Å². The molecule has 2 atom stereocenters. The standard InChI is InChI=1S/C12H27N.C3H8.C2H6/c1-7-11(4)8-13(6)9-12(5)10(2)3;1-3-2;1-2/h10-12H,7-9H2,1-6H3;3H2,1-2H3;1-2H3. The lowest BCUT2D eigenvalue weighted by molar-refractivity contribution is 0.222. The summed E-state index contributed by atoms with van der Waals surface area (Å²) in [6, 6.07) is 0. The van der Waals surface area contributed by atoms with E-state index in [9.17, 15) is 0 Å². The van der Waals surface area contributed by atoms with Gasteiger partial charge in [-0.25, -0.2) is 0 Å². The highest BCUT2D eigenvalue weighted by molar-refractivity contribution is 4.64. The molecule has 0 fully saturated rings. The predicted molar refractivity (Wildman–Crippen MR) is 88.3 cm³/mol. The molecule has 2 unspecified atom stereocenters. The summed E-state index contributed by atoms with van der Waals surface area (Å²) in [5, 5.41) is 0. The third kappa shape index (κ3) is 18.3. The average molecular weight is 260 g/mol. The zero-order valence-corrected chi connectivity index (χ0v) is 15.0. The van der Waals surface area contributed by atoms with E-state index in [1.165, 1.54) is 25.9 Å². The van der Waals surface area contributed by atoms with Crippen LogP contribution in [0, 0.1) is 17.8 Å². The highest BCUT2D eigenvalue weighted by Gasteiger charge is 2.11. The molecule has 0 aromatic heterocycles. The fraction of sp³-hybridized carbons (Fsp3) is 1.00. The third-order valence-corrected chi connectivity index (χ3v) is 3.06. The van der Waals surface area contributed by atoms with Crippen molar-refractivity contribution in [2.75, 3.05) is 20.1 Å². The average Bonchev–Trinajstić information content (AvgIpc) is 2.32. The lowest BCUT2D eigenvalue weighted by Crippen LogP contribution is -2.30. The number of nitrogens with zero attached hydrogens (tertiary/aromatic N) is 1. The van der Waals surface area contributed by atoms with Gasteiger partial charge in [0.1, 0.15) is 0 Å². The van der Waals surface area contributed by atoms with E-state index in [2.05, 4.69) is 60.4 Å². The first-order chi connectivity index (χ1) is 8.38. The first-order valence-corrected chi connectivity index (χ1v) is 8.07. The maximum absolute atomic E-state index is 2.47. The molecule has 0 rings (SSSR count). The van der Waals surface area contributed by atoms with Crippen LogP contribution < -0.4 is 0 Å². The maximum atomic E-state index is 2.47. The lowest BCUT2D eigenvalue weighted by Gasteiger charge is -2.25. The van der Waals surface area contributed by atoms with Crippen LogP contribution in [-0.4, -0.2) is 25.0 Å². The summed E-state index contributed by atoms with van der Waals surface area (Å²) in [6.07, 6.45) is 2.54. The Morgan fingerprint density at radius 1 is 0.833 bits per heavy atom. The van der Waals surface area contributed by atoms with Crippen LogP contribution in [0.4, 0.5) is 0 Å². The summed E-state index contributed by atoms with van der Waals surface area (Å²) in [7, 11) is 2.24. The van der Waals surface area contributed by atoms with Crippen LogP contribution in [0.3, 0.4) is 0 Å². The SMILES string of the molecule is CC.CCC.CCC(C)CN(C)CC(C)C(C)C. The Morgan fingerprint density at radius 2 is 1.22 bits per heavy atom. The fourth-order valence-electron chi connectivity index (χ4n) is 1.44. The van der Waals surface area contributed by atoms with Crippen LogP contribution in [0.5, 0.6) is 0 Å². The van der Waals surface area contributed by atoms with Crippen molar-refractivity contribution in [2.45, 2.75) is 75.2 Å². The summed E-state index contributed by atoms with van der Waals surface area (Å²) in [5.41, 5.74) is 0. The highest BCUT2D eigenvalue weighted by Crippen LogP contribution is 2.12. The minimum absolute atomic E-state index is 0.805. The van der Waals surface area contributed by atoms with Gasteiger partial charge >= 0.3 is 0 Å². The van der Waals surface area contributed by atoms with E-state index >= 15 is 0 Å². The van der Waals surface area contributed by atoms with Crippen molar-refractivity contribution in [3.63, 3.8) is 0 Å². The first-order valence-electron chi connectivity index (χ1n) is 8.07. The molecule has 0 aromatic rings. The third-order valence-electron chi connectivity index (χ3n) is 3.06. The van der Waals surface area contributed by atoms with E-state index in [0.717, 1.165) is 17.8 Å². The van der Waals surface area contributed by atoms with Crippen LogP contribution in [0.1, 0.15) is 75.2 Å². The van der Waals surface area contributed by atoms with Gasteiger partial charge in [0.25, 0.3) is 0 Å². The van der Waals surface area contributed by atoms with Crippen molar-refractivity contribution in [3.05, 3.63) is 0 Å². The molecule has 0 N–H and O–H groups in total. The van der Waals surface area contributed by atoms with Gasteiger partial charge in [-0.15, -0.1) is 0 Å². The first kappa shape index (κ1) is 23.1. The van der Waals surface area contributed by atoms with Gasteiger partial charge in [-0.3, -0.25) is 0 Å². The minimum Gasteiger partial charge on any atom is -0.306 e. The molecule has 0 radical (unpaired) electrons. The van der Waals surface area contributed by atoms with E-state index in [4.69, 9.17) is 0 Å². The Kier molecular flexibility index (Phi) is 21.7. The summed E-state index contributed by atoms with van der Waals surface area (Å²) in [4.78, 5) is 2.47. The molecule has 1 nitrogen and oxygen atoms in total. The molecule has 0 aromatic carbocycles. The molecule has 0 saturated carbocycles. The van der Waals surface area contributed by atoms with Crippen molar-refractivity contribution >= 4 is 0 Å². The zero-order valence-electron chi connectivity index (χ0n) is 15.0. The summed E-state index contributed by atoms with van der Waals surface area (Å²) in [6.45, 7) is 22.3. The Balaban J connectivity index is -0.000000389. The van der Waals surface area contributed by atoms with Crippen LogP contribution in [0.2, 0.25) is 0 Å². The van der Waals surface area contributed by atoms with Crippen LogP contribution in [-0.2, 0) is 0 Å². The Labute approximate surface area is 118 Å². The summed E-state index contributed by atoms with van der Waals surface area (Å²) >= 11 is 0. The van der Waals surface area contributed by atoms with E-state index < -0.39 is 0 Å².